The number of halogens is 3. The lowest BCUT2D eigenvalue weighted by atomic mass is 10.1. The number of amides is 2. The number of aromatic nitrogens is 2. The van der Waals surface area contributed by atoms with E-state index in [1.165, 1.54) is 24.5 Å². The molecule has 1 aliphatic heterocycles. The van der Waals surface area contributed by atoms with Gasteiger partial charge in [-0.1, -0.05) is 24.3 Å². The summed E-state index contributed by atoms with van der Waals surface area (Å²) in [4.78, 5) is 33.3. The van der Waals surface area contributed by atoms with Crippen LogP contribution in [0.4, 0.5) is 36.1 Å². The van der Waals surface area contributed by atoms with Gasteiger partial charge in [-0.2, -0.15) is 13.2 Å². The van der Waals surface area contributed by atoms with Gasteiger partial charge in [0.25, 0.3) is 11.8 Å². The van der Waals surface area contributed by atoms with Crippen molar-refractivity contribution in [2.75, 3.05) is 16.0 Å². The molecule has 208 valence electrons. The van der Waals surface area contributed by atoms with E-state index in [9.17, 15) is 27.9 Å². The Balaban J connectivity index is 1.32. The van der Waals surface area contributed by atoms with Gasteiger partial charge in [-0.15, -0.1) is 0 Å². The van der Waals surface area contributed by atoms with Crippen molar-refractivity contribution < 1.29 is 27.9 Å². The fourth-order valence-corrected chi connectivity index (χ4v) is 4.30. The third kappa shape index (κ3) is 6.04. The van der Waals surface area contributed by atoms with Crippen molar-refractivity contribution in [3.05, 3.63) is 113 Å². The van der Waals surface area contributed by atoms with Gasteiger partial charge in [0, 0.05) is 28.2 Å². The number of rotatable bonds is 7. The molecule has 2 amide bonds. The third-order valence-corrected chi connectivity index (χ3v) is 6.43. The van der Waals surface area contributed by atoms with Crippen molar-refractivity contribution in [1.29, 1.82) is 0 Å². The minimum absolute atomic E-state index is 0.100. The van der Waals surface area contributed by atoms with Gasteiger partial charge >= 0.3 is 6.18 Å². The van der Waals surface area contributed by atoms with Crippen molar-refractivity contribution in [1.82, 2.24) is 9.97 Å². The highest BCUT2D eigenvalue weighted by molar-refractivity contribution is 6.10. The number of hydrogen-bond donors (Lipinski definition) is 5. The SMILES string of the molecule is Cc1ccc(NC(=O)c2cccc(C(F)(F)F)c2)cc1NC(=O)c1ccc2c(Nc3cccc(CO)c3)nc[nH]c1-2. The Morgan fingerprint density at radius 3 is 2.49 bits per heavy atom. The second kappa shape index (κ2) is 11.1. The number of fused-ring (bicyclic) bond motifs is 1. The van der Waals surface area contributed by atoms with E-state index < -0.39 is 23.6 Å². The van der Waals surface area contributed by atoms with Gasteiger partial charge in [0.1, 0.15) is 5.82 Å². The zero-order valence-corrected chi connectivity index (χ0v) is 21.6. The van der Waals surface area contributed by atoms with Gasteiger partial charge in [-0.3, -0.25) is 9.59 Å². The van der Waals surface area contributed by atoms with Crippen LogP contribution in [0.2, 0.25) is 0 Å². The van der Waals surface area contributed by atoms with E-state index >= 15 is 0 Å². The number of aliphatic hydroxyl groups excluding tert-OH is 1. The number of carbonyl (C=O) groups excluding carboxylic acids is 2. The van der Waals surface area contributed by atoms with Crippen LogP contribution in [0, 0.1) is 6.92 Å². The van der Waals surface area contributed by atoms with Crippen LogP contribution in [-0.2, 0) is 12.8 Å². The smallest absolute Gasteiger partial charge is 0.392 e. The van der Waals surface area contributed by atoms with E-state index in [0.29, 0.717) is 39.6 Å². The summed E-state index contributed by atoms with van der Waals surface area (Å²) >= 11 is 0. The maximum absolute atomic E-state index is 13.3. The lowest BCUT2D eigenvalue weighted by molar-refractivity contribution is -0.137. The second-order valence-corrected chi connectivity index (χ2v) is 9.29. The summed E-state index contributed by atoms with van der Waals surface area (Å²) in [6.45, 7) is 1.67. The number of nitrogens with zero attached hydrogens (tertiary/aromatic N) is 1. The Kier molecular flexibility index (Phi) is 7.45. The maximum atomic E-state index is 13.3. The molecule has 5 N–H and O–H groups in total. The Hall–Kier alpha value is -5.16. The number of nitrogens with one attached hydrogen (secondary N) is 4. The molecular formula is C30H24F3N5O3. The highest BCUT2D eigenvalue weighted by atomic mass is 19.4. The fourth-order valence-electron chi connectivity index (χ4n) is 4.30. The first-order valence-corrected chi connectivity index (χ1v) is 12.5. The number of alkyl halides is 3. The molecule has 1 heterocycles. The number of anilines is 4. The van der Waals surface area contributed by atoms with E-state index in [4.69, 9.17) is 0 Å². The van der Waals surface area contributed by atoms with Gasteiger partial charge in [0.15, 0.2) is 0 Å². The van der Waals surface area contributed by atoms with E-state index in [0.717, 1.165) is 23.4 Å². The minimum Gasteiger partial charge on any atom is -0.392 e. The lowest BCUT2D eigenvalue weighted by Crippen LogP contribution is -2.16. The predicted octanol–water partition coefficient (Wildman–Crippen LogP) is 6.58. The van der Waals surface area contributed by atoms with Gasteiger partial charge in [-0.05, 0) is 72.6 Å². The van der Waals surface area contributed by atoms with Crippen LogP contribution >= 0.6 is 0 Å². The Bertz CT molecular complexity index is 1710. The predicted molar refractivity (Wildman–Crippen MR) is 149 cm³/mol. The highest BCUT2D eigenvalue weighted by Crippen LogP contribution is 2.34. The zero-order valence-electron chi connectivity index (χ0n) is 21.6. The molecule has 0 radical (unpaired) electrons. The lowest BCUT2D eigenvalue weighted by Gasteiger charge is -2.14. The van der Waals surface area contributed by atoms with Crippen LogP contribution in [-0.4, -0.2) is 26.9 Å². The first-order valence-electron chi connectivity index (χ1n) is 12.5. The van der Waals surface area contributed by atoms with Gasteiger partial charge in [-0.25, -0.2) is 4.98 Å². The van der Waals surface area contributed by atoms with Crippen molar-refractivity contribution in [3.8, 4) is 11.3 Å². The Morgan fingerprint density at radius 1 is 0.902 bits per heavy atom. The quantitative estimate of drug-likeness (QED) is 0.154. The average Bonchev–Trinajstić information content (AvgIpc) is 3.40. The standard InChI is InChI=1S/C30H24F3N5O3/c1-17-8-9-22(37-28(40)19-5-3-6-20(13-19)30(31,32)33)14-25(17)38-29(41)24-11-10-23-26(24)34-16-35-27(23)36-21-7-2-4-18(12-21)15-39/h2-14,16,36,39H,15H2,1H3,(H,34,35)(H,37,40)(H,38,41). The summed E-state index contributed by atoms with van der Waals surface area (Å²) in [6, 6.07) is 19.6. The number of benzene rings is 3. The van der Waals surface area contributed by atoms with Crippen molar-refractivity contribution in [2.24, 2.45) is 0 Å². The molecular weight excluding hydrogens is 535 g/mol. The molecule has 5 rings (SSSR count). The Morgan fingerprint density at radius 2 is 1.71 bits per heavy atom. The molecule has 0 unspecified atom stereocenters. The Labute approximate surface area is 232 Å². The third-order valence-electron chi connectivity index (χ3n) is 6.43. The van der Waals surface area contributed by atoms with Gasteiger partial charge < -0.3 is 26.0 Å². The molecule has 0 spiro atoms. The first-order chi connectivity index (χ1) is 19.6. The minimum atomic E-state index is -4.57. The topological polar surface area (TPSA) is 119 Å². The maximum Gasteiger partial charge on any atom is 0.416 e. The molecule has 3 aromatic carbocycles. The van der Waals surface area contributed by atoms with Crippen molar-refractivity contribution >= 4 is 34.7 Å². The molecule has 2 aliphatic rings. The first kappa shape index (κ1) is 27.4. The fraction of sp³-hybridized carbons (Fsp3) is 0.100. The number of hydrogen-bond acceptors (Lipinski definition) is 5. The molecule has 41 heavy (non-hydrogen) atoms. The largest absolute Gasteiger partial charge is 0.416 e. The number of aliphatic hydroxyl groups is 1. The molecule has 0 bridgehead atoms. The monoisotopic (exact) mass is 559 g/mol. The molecule has 0 atom stereocenters. The van der Waals surface area contributed by atoms with E-state index in [2.05, 4.69) is 25.9 Å². The summed E-state index contributed by atoms with van der Waals surface area (Å²) in [5.41, 5.74) is 3.39. The molecule has 0 saturated heterocycles. The van der Waals surface area contributed by atoms with E-state index in [1.807, 2.05) is 12.1 Å². The molecule has 0 aromatic heterocycles. The summed E-state index contributed by atoms with van der Waals surface area (Å²) in [5, 5.41) is 18.0. The normalized spacial score (nSPS) is 11.3. The summed E-state index contributed by atoms with van der Waals surface area (Å²) in [6.07, 6.45) is -3.11. The van der Waals surface area contributed by atoms with Crippen molar-refractivity contribution in [2.45, 2.75) is 19.7 Å². The molecule has 8 nitrogen and oxygen atoms in total. The highest BCUT2D eigenvalue weighted by Gasteiger charge is 2.31. The van der Waals surface area contributed by atoms with Crippen LogP contribution in [0.5, 0.6) is 0 Å². The zero-order chi connectivity index (χ0) is 29.1. The van der Waals surface area contributed by atoms with E-state index in [-0.39, 0.29) is 12.2 Å². The second-order valence-electron chi connectivity index (χ2n) is 9.29. The number of carbonyl (C=O) groups is 2. The van der Waals surface area contributed by atoms with Crippen LogP contribution in [0.25, 0.3) is 11.3 Å². The van der Waals surface area contributed by atoms with Crippen molar-refractivity contribution in [3.63, 3.8) is 0 Å². The summed E-state index contributed by atoms with van der Waals surface area (Å²) < 4.78 is 39.1. The van der Waals surface area contributed by atoms with E-state index in [1.54, 1.807) is 43.3 Å². The molecule has 0 fully saturated rings. The summed E-state index contributed by atoms with van der Waals surface area (Å²) in [7, 11) is 0. The number of aromatic amines is 1. The van der Waals surface area contributed by atoms with Crippen LogP contribution in [0.3, 0.4) is 0 Å². The van der Waals surface area contributed by atoms with Gasteiger partial charge in [0.05, 0.1) is 29.8 Å². The summed E-state index contributed by atoms with van der Waals surface area (Å²) in [5.74, 6) is -0.616. The number of aryl methyl sites for hydroxylation is 1. The van der Waals surface area contributed by atoms with Gasteiger partial charge in [0.2, 0.25) is 0 Å². The van der Waals surface area contributed by atoms with Crippen LogP contribution in [0.1, 0.15) is 37.4 Å². The van der Waals surface area contributed by atoms with Crippen LogP contribution < -0.4 is 16.0 Å². The molecule has 3 aromatic rings. The molecule has 0 saturated carbocycles. The molecule has 11 heteroatoms. The van der Waals surface area contributed by atoms with Crippen LogP contribution in [0.15, 0.2) is 85.2 Å². The number of H-pyrrole nitrogens is 1. The molecule has 1 aliphatic carbocycles. The average molecular weight is 560 g/mol.